The number of carbonyl (C=O) groups is 2. The van der Waals surface area contributed by atoms with Gasteiger partial charge in [-0.2, -0.15) is 37.7 Å². The molecule has 14 heteroatoms. The number of alkyl halides is 6. The summed E-state index contributed by atoms with van der Waals surface area (Å²) in [6.45, 7) is 10.2. The Labute approximate surface area is 189 Å². The molecule has 2 aliphatic heterocycles. The van der Waals surface area contributed by atoms with Crippen molar-refractivity contribution in [2.24, 2.45) is 0 Å². The maximum atomic E-state index is 10.6. The second kappa shape index (κ2) is 12.9. The lowest BCUT2D eigenvalue weighted by molar-refractivity contribution is -0.193. The lowest BCUT2D eigenvalue weighted by Gasteiger charge is -2.37. The molecule has 188 valence electrons. The second-order valence-corrected chi connectivity index (χ2v) is 7.88. The third-order valence-electron chi connectivity index (χ3n) is 4.58. The maximum Gasteiger partial charge on any atom is 0.490 e. The summed E-state index contributed by atoms with van der Waals surface area (Å²) in [5.74, 6) is -5.51. The molecule has 33 heavy (non-hydrogen) atoms. The van der Waals surface area contributed by atoms with Crippen molar-refractivity contribution in [3.63, 3.8) is 0 Å². The summed E-state index contributed by atoms with van der Waals surface area (Å²) in [4.78, 5) is 23.0. The van der Waals surface area contributed by atoms with Gasteiger partial charge in [-0.1, -0.05) is 6.08 Å². The van der Waals surface area contributed by atoms with Crippen molar-refractivity contribution in [2.75, 3.05) is 32.8 Å². The van der Waals surface area contributed by atoms with Gasteiger partial charge in [0, 0.05) is 38.8 Å². The highest BCUT2D eigenvalue weighted by molar-refractivity contribution is 7.07. The third-order valence-corrected chi connectivity index (χ3v) is 5.32. The zero-order valence-corrected chi connectivity index (χ0v) is 18.1. The number of rotatable bonds is 5. The Morgan fingerprint density at radius 3 is 2.15 bits per heavy atom. The quantitative estimate of drug-likeness (QED) is 0.467. The summed E-state index contributed by atoms with van der Waals surface area (Å²) in [6, 6.07) is 2.92. The standard InChI is InChI=1S/C15H22N2OS.2C2HF3O2/c1-2-6-18-15-8-14-10-16(4-5-17(14)11-15)9-13-3-7-19-12-13;2*3-2(4,5)1(6)7/h2-3,7,12,14-15H,1,4-6,8-11H2;2*(H,6,7). The van der Waals surface area contributed by atoms with E-state index in [0.29, 0.717) is 18.8 Å². The van der Waals surface area contributed by atoms with Crippen molar-refractivity contribution in [3.8, 4) is 0 Å². The molecule has 2 saturated heterocycles. The molecule has 0 radical (unpaired) electrons. The summed E-state index contributed by atoms with van der Waals surface area (Å²) >= 11 is 1.79. The highest BCUT2D eigenvalue weighted by atomic mass is 32.1. The fourth-order valence-corrected chi connectivity index (χ4v) is 3.83. The predicted octanol–water partition coefficient (Wildman–Crippen LogP) is 3.48. The van der Waals surface area contributed by atoms with E-state index in [1.165, 1.54) is 31.6 Å². The van der Waals surface area contributed by atoms with Gasteiger partial charge in [0.2, 0.25) is 0 Å². The van der Waals surface area contributed by atoms with Gasteiger partial charge in [-0.15, -0.1) is 6.58 Å². The van der Waals surface area contributed by atoms with E-state index in [2.05, 4.69) is 33.2 Å². The molecule has 1 aromatic rings. The van der Waals surface area contributed by atoms with E-state index in [4.69, 9.17) is 24.5 Å². The van der Waals surface area contributed by atoms with Gasteiger partial charge in [0.25, 0.3) is 0 Å². The van der Waals surface area contributed by atoms with Crippen molar-refractivity contribution < 1.29 is 50.9 Å². The smallest absolute Gasteiger partial charge is 0.475 e. The number of hydrogen-bond donors (Lipinski definition) is 2. The van der Waals surface area contributed by atoms with Gasteiger partial charge in [0.15, 0.2) is 0 Å². The molecule has 0 bridgehead atoms. The number of carboxylic acid groups (broad SMARTS) is 2. The van der Waals surface area contributed by atoms with Crippen LogP contribution in [0.5, 0.6) is 0 Å². The summed E-state index contributed by atoms with van der Waals surface area (Å²) in [7, 11) is 0. The number of halogens is 6. The normalized spacial score (nSPS) is 21.2. The van der Waals surface area contributed by atoms with Crippen LogP contribution in [-0.2, 0) is 20.9 Å². The first kappa shape index (κ1) is 28.9. The predicted molar refractivity (Wildman–Crippen MR) is 107 cm³/mol. The molecule has 1 aromatic heterocycles. The fraction of sp³-hybridized carbons (Fsp3) is 0.579. The Morgan fingerprint density at radius 1 is 1.12 bits per heavy atom. The van der Waals surface area contributed by atoms with E-state index in [1.807, 2.05) is 6.08 Å². The van der Waals surface area contributed by atoms with Crippen LogP contribution in [0.2, 0.25) is 0 Å². The van der Waals surface area contributed by atoms with E-state index in [1.54, 1.807) is 11.3 Å². The average molecular weight is 506 g/mol. The minimum Gasteiger partial charge on any atom is -0.475 e. The minimum absolute atomic E-state index is 0.407. The van der Waals surface area contributed by atoms with Crippen LogP contribution in [0.1, 0.15) is 12.0 Å². The highest BCUT2D eigenvalue weighted by Gasteiger charge is 2.39. The van der Waals surface area contributed by atoms with Crippen LogP contribution in [0.3, 0.4) is 0 Å². The molecule has 0 amide bonds. The van der Waals surface area contributed by atoms with Crippen LogP contribution in [0.25, 0.3) is 0 Å². The lowest BCUT2D eigenvalue weighted by atomic mass is 10.1. The molecular formula is C19H24F6N2O5S. The number of thiophene rings is 1. The molecule has 0 aromatic carbocycles. The highest BCUT2D eigenvalue weighted by Crippen LogP contribution is 2.25. The van der Waals surface area contributed by atoms with Gasteiger partial charge < -0.3 is 14.9 Å². The minimum atomic E-state index is -5.08. The van der Waals surface area contributed by atoms with Crippen LogP contribution in [0, 0.1) is 0 Å². The molecule has 2 aliphatic rings. The average Bonchev–Trinajstić information content (AvgIpc) is 3.35. The molecule has 7 nitrogen and oxygen atoms in total. The summed E-state index contributed by atoms with van der Waals surface area (Å²) < 4.78 is 69.3. The van der Waals surface area contributed by atoms with Crippen LogP contribution >= 0.6 is 11.3 Å². The summed E-state index contributed by atoms with van der Waals surface area (Å²) in [6.07, 6.45) is -6.74. The molecule has 0 spiro atoms. The molecule has 2 fully saturated rings. The van der Waals surface area contributed by atoms with Crippen LogP contribution < -0.4 is 0 Å². The molecule has 3 heterocycles. The van der Waals surface area contributed by atoms with E-state index in [9.17, 15) is 26.3 Å². The first-order chi connectivity index (χ1) is 15.2. The third kappa shape index (κ3) is 11.0. The van der Waals surface area contributed by atoms with Crippen molar-refractivity contribution in [2.45, 2.75) is 37.5 Å². The van der Waals surface area contributed by atoms with Crippen molar-refractivity contribution in [1.29, 1.82) is 0 Å². The van der Waals surface area contributed by atoms with Crippen LogP contribution in [-0.4, -0.2) is 89.2 Å². The monoisotopic (exact) mass is 506 g/mol. The Morgan fingerprint density at radius 2 is 1.70 bits per heavy atom. The topological polar surface area (TPSA) is 90.3 Å². The number of hydrogen-bond acceptors (Lipinski definition) is 6. The molecule has 2 unspecified atom stereocenters. The molecule has 2 atom stereocenters. The zero-order valence-electron chi connectivity index (χ0n) is 17.3. The van der Waals surface area contributed by atoms with E-state index in [-0.39, 0.29) is 0 Å². The van der Waals surface area contributed by atoms with E-state index < -0.39 is 24.3 Å². The maximum absolute atomic E-state index is 10.6. The van der Waals surface area contributed by atoms with Crippen molar-refractivity contribution >= 4 is 23.3 Å². The summed E-state index contributed by atoms with van der Waals surface area (Å²) in [5, 5.41) is 18.7. The first-order valence-electron chi connectivity index (χ1n) is 9.54. The Kier molecular flexibility index (Phi) is 11.3. The Balaban J connectivity index is 0.000000324. The zero-order chi connectivity index (χ0) is 25.2. The molecule has 0 aliphatic carbocycles. The largest absolute Gasteiger partial charge is 0.490 e. The van der Waals surface area contributed by atoms with Gasteiger partial charge in [0.1, 0.15) is 0 Å². The SMILES string of the molecule is C=CCOC1CC2CN(Cc3ccsc3)CCN2C1.O=C(O)C(F)(F)F.O=C(O)C(F)(F)F. The number of piperazine rings is 1. The van der Waals surface area contributed by atoms with E-state index >= 15 is 0 Å². The lowest BCUT2D eigenvalue weighted by Crippen LogP contribution is -2.49. The van der Waals surface area contributed by atoms with Gasteiger partial charge >= 0.3 is 24.3 Å². The summed E-state index contributed by atoms with van der Waals surface area (Å²) in [5.41, 5.74) is 1.45. The van der Waals surface area contributed by atoms with Gasteiger partial charge in [-0.3, -0.25) is 9.80 Å². The van der Waals surface area contributed by atoms with Gasteiger partial charge in [-0.25, -0.2) is 9.59 Å². The first-order valence-corrected chi connectivity index (χ1v) is 10.5. The number of aliphatic carboxylic acids is 2. The van der Waals surface area contributed by atoms with Gasteiger partial charge in [0.05, 0.1) is 12.7 Å². The molecule has 3 rings (SSSR count). The Bertz CT molecular complexity index is 733. The van der Waals surface area contributed by atoms with E-state index in [0.717, 1.165) is 13.1 Å². The van der Waals surface area contributed by atoms with Gasteiger partial charge in [-0.05, 0) is 28.8 Å². The number of ether oxygens (including phenoxy) is 1. The number of nitrogens with zero attached hydrogens (tertiary/aromatic N) is 2. The molecular weight excluding hydrogens is 482 g/mol. The fourth-order valence-electron chi connectivity index (χ4n) is 3.17. The number of carboxylic acids is 2. The van der Waals surface area contributed by atoms with Crippen molar-refractivity contribution in [1.82, 2.24) is 9.80 Å². The molecule has 2 N–H and O–H groups in total. The van der Waals surface area contributed by atoms with Crippen LogP contribution in [0.4, 0.5) is 26.3 Å². The van der Waals surface area contributed by atoms with Crippen LogP contribution in [0.15, 0.2) is 29.5 Å². The molecule has 0 saturated carbocycles. The second-order valence-electron chi connectivity index (χ2n) is 7.10. The van der Waals surface area contributed by atoms with Crippen molar-refractivity contribution in [3.05, 3.63) is 35.0 Å². The Hall–Kier alpha value is -2.16. The number of fused-ring (bicyclic) bond motifs is 1.